The molecular weight excluding hydrogens is 373 g/mol. The van der Waals surface area contributed by atoms with E-state index < -0.39 is 11.7 Å². The van der Waals surface area contributed by atoms with Crippen molar-refractivity contribution in [1.29, 1.82) is 0 Å². The molecule has 2 atom stereocenters. The van der Waals surface area contributed by atoms with E-state index in [1.807, 2.05) is 0 Å². The Morgan fingerprint density at radius 3 is 2.79 bits per heavy atom. The first kappa shape index (κ1) is 18.7. The van der Waals surface area contributed by atoms with Crippen molar-refractivity contribution in [3.63, 3.8) is 0 Å². The molecule has 0 spiro atoms. The molecule has 5 rings (SSSR count). The lowest BCUT2D eigenvalue weighted by Gasteiger charge is -2.37. The van der Waals surface area contributed by atoms with Crippen LogP contribution in [0.4, 0.5) is 13.2 Å². The van der Waals surface area contributed by atoms with E-state index >= 15 is 0 Å². The topological polar surface area (TPSA) is 17.0 Å². The Hall–Kier alpha value is -2.27. The molecule has 0 saturated carbocycles. The zero-order valence-electron chi connectivity index (χ0n) is 16.5. The maximum Gasteiger partial charge on any atom is 0.416 e. The number of hydrogen-bond donors (Lipinski definition) is 1. The van der Waals surface area contributed by atoms with Crippen molar-refractivity contribution in [3.8, 4) is 0 Å². The highest BCUT2D eigenvalue weighted by atomic mass is 19.4. The summed E-state index contributed by atoms with van der Waals surface area (Å²) in [5.41, 5.74) is 5.42. The van der Waals surface area contributed by atoms with Crippen LogP contribution in [0.1, 0.15) is 53.3 Å². The van der Waals surface area contributed by atoms with Crippen LogP contribution in [0.5, 0.6) is 0 Å². The van der Waals surface area contributed by atoms with E-state index in [1.54, 1.807) is 6.07 Å². The number of rotatable bonds is 3. The molecule has 152 valence electrons. The summed E-state index contributed by atoms with van der Waals surface area (Å²) in [7, 11) is 0. The molecule has 1 saturated heterocycles. The van der Waals surface area contributed by atoms with Crippen molar-refractivity contribution in [2.45, 2.75) is 63.8 Å². The van der Waals surface area contributed by atoms with Gasteiger partial charge in [0.25, 0.3) is 0 Å². The lowest BCUT2D eigenvalue weighted by atomic mass is 9.84. The lowest BCUT2D eigenvalue weighted by molar-refractivity contribution is -0.137. The van der Waals surface area contributed by atoms with Crippen LogP contribution in [0.25, 0.3) is 10.9 Å². The third-order valence-electron chi connectivity index (χ3n) is 6.52. The van der Waals surface area contributed by atoms with E-state index in [0.29, 0.717) is 25.0 Å². The number of hydrogen-bond acceptors (Lipinski definition) is 1. The fourth-order valence-electron chi connectivity index (χ4n) is 5.20. The summed E-state index contributed by atoms with van der Waals surface area (Å²) < 4.78 is 41.6. The molecule has 5 heteroatoms. The first-order chi connectivity index (χ1) is 13.9. The SMILES string of the molecule is Cc1ccc2c(c1)c1c(n2CCc2cccc(C(F)(F)F)c2)C[C@@H]2CCC[C@@H]1N2. The number of aromatic nitrogens is 1. The summed E-state index contributed by atoms with van der Waals surface area (Å²) in [5, 5.41) is 5.10. The summed E-state index contributed by atoms with van der Waals surface area (Å²) in [6.07, 6.45) is 0.910. The second-order valence-corrected chi connectivity index (χ2v) is 8.53. The van der Waals surface area contributed by atoms with Gasteiger partial charge in [0.2, 0.25) is 0 Å². The molecule has 29 heavy (non-hydrogen) atoms. The Labute approximate surface area is 168 Å². The van der Waals surface area contributed by atoms with Crippen molar-refractivity contribution in [2.75, 3.05) is 0 Å². The fourth-order valence-corrected chi connectivity index (χ4v) is 5.20. The van der Waals surface area contributed by atoms with Gasteiger partial charge in [0.05, 0.1) is 5.56 Å². The largest absolute Gasteiger partial charge is 0.416 e. The standard InChI is InChI=1S/C24H25F3N2/c1-15-8-9-21-19(12-15)23-20-7-3-6-18(28-20)14-22(23)29(21)11-10-16-4-2-5-17(13-16)24(25,26)27/h2,4-5,8-9,12-13,18,20,28H,3,6-7,10-11,14H2,1H3/t18-,20-/m0/s1. The molecule has 3 heterocycles. The number of nitrogens with zero attached hydrogens (tertiary/aromatic N) is 1. The van der Waals surface area contributed by atoms with Gasteiger partial charge in [-0.1, -0.05) is 29.8 Å². The zero-order chi connectivity index (χ0) is 20.2. The molecule has 1 fully saturated rings. The molecule has 1 N–H and O–H groups in total. The minimum absolute atomic E-state index is 0.400. The van der Waals surface area contributed by atoms with Gasteiger partial charge in [-0.2, -0.15) is 13.2 Å². The van der Waals surface area contributed by atoms with E-state index in [1.165, 1.54) is 52.7 Å². The van der Waals surface area contributed by atoms with Crippen LogP contribution in [0.2, 0.25) is 0 Å². The van der Waals surface area contributed by atoms with Gasteiger partial charge in [-0.15, -0.1) is 0 Å². The zero-order valence-corrected chi connectivity index (χ0v) is 16.5. The summed E-state index contributed by atoms with van der Waals surface area (Å²) in [4.78, 5) is 0. The maximum absolute atomic E-state index is 13.1. The van der Waals surface area contributed by atoms with Crippen molar-refractivity contribution in [3.05, 3.63) is 70.4 Å². The Balaban J connectivity index is 1.53. The van der Waals surface area contributed by atoms with Gasteiger partial charge in [0.15, 0.2) is 0 Å². The highest BCUT2D eigenvalue weighted by molar-refractivity contribution is 5.87. The van der Waals surface area contributed by atoms with E-state index in [2.05, 4.69) is 35.0 Å². The van der Waals surface area contributed by atoms with Crippen LogP contribution in [0.15, 0.2) is 42.5 Å². The van der Waals surface area contributed by atoms with Crippen LogP contribution in [-0.2, 0) is 25.6 Å². The number of benzene rings is 2. The van der Waals surface area contributed by atoms with Gasteiger partial charge in [-0.3, -0.25) is 0 Å². The maximum atomic E-state index is 13.1. The molecule has 2 aliphatic heterocycles. The second kappa shape index (κ2) is 6.91. The predicted octanol–water partition coefficient (Wildman–Crippen LogP) is 5.95. The summed E-state index contributed by atoms with van der Waals surface area (Å²) >= 11 is 0. The first-order valence-electron chi connectivity index (χ1n) is 10.4. The van der Waals surface area contributed by atoms with Crippen molar-refractivity contribution < 1.29 is 13.2 Å². The molecule has 2 nitrogen and oxygen atoms in total. The quantitative estimate of drug-likeness (QED) is 0.577. The molecule has 2 aromatic carbocycles. The molecular formula is C24H25F3N2. The normalized spacial score (nSPS) is 21.4. The number of halogens is 3. The Kier molecular flexibility index (Phi) is 4.46. The van der Waals surface area contributed by atoms with E-state index in [0.717, 1.165) is 24.5 Å². The Morgan fingerprint density at radius 2 is 1.97 bits per heavy atom. The van der Waals surface area contributed by atoms with Crippen LogP contribution >= 0.6 is 0 Å². The van der Waals surface area contributed by atoms with Crippen LogP contribution < -0.4 is 5.32 Å². The lowest BCUT2D eigenvalue weighted by Crippen LogP contribution is -2.43. The highest BCUT2D eigenvalue weighted by Crippen LogP contribution is 2.41. The van der Waals surface area contributed by atoms with Gasteiger partial charge in [-0.05, 0) is 61.9 Å². The summed E-state index contributed by atoms with van der Waals surface area (Å²) in [5.74, 6) is 0. The summed E-state index contributed by atoms with van der Waals surface area (Å²) in [6.45, 7) is 2.82. The minimum atomic E-state index is -4.30. The van der Waals surface area contributed by atoms with Crippen molar-refractivity contribution in [2.24, 2.45) is 0 Å². The van der Waals surface area contributed by atoms with E-state index in [-0.39, 0.29) is 0 Å². The van der Waals surface area contributed by atoms with Crippen LogP contribution in [0, 0.1) is 6.92 Å². The van der Waals surface area contributed by atoms with Gasteiger partial charge in [0, 0.05) is 41.6 Å². The average molecular weight is 398 g/mol. The molecule has 2 aliphatic rings. The second-order valence-electron chi connectivity index (χ2n) is 8.53. The number of aryl methyl sites for hydroxylation is 3. The van der Waals surface area contributed by atoms with Gasteiger partial charge in [-0.25, -0.2) is 0 Å². The summed E-state index contributed by atoms with van der Waals surface area (Å²) in [6, 6.07) is 13.2. The van der Waals surface area contributed by atoms with Crippen molar-refractivity contribution >= 4 is 10.9 Å². The van der Waals surface area contributed by atoms with Crippen molar-refractivity contribution in [1.82, 2.24) is 9.88 Å². The smallest absolute Gasteiger partial charge is 0.344 e. The van der Waals surface area contributed by atoms with Crippen LogP contribution in [0.3, 0.4) is 0 Å². The number of piperidine rings is 1. The molecule has 1 aromatic heterocycles. The molecule has 3 aromatic rings. The monoisotopic (exact) mass is 398 g/mol. The molecule has 0 unspecified atom stereocenters. The van der Waals surface area contributed by atoms with Gasteiger partial charge < -0.3 is 9.88 Å². The highest BCUT2D eigenvalue weighted by Gasteiger charge is 2.34. The van der Waals surface area contributed by atoms with Crippen LogP contribution in [-0.4, -0.2) is 10.6 Å². The fraction of sp³-hybridized carbons (Fsp3) is 0.417. The molecule has 2 bridgehead atoms. The third-order valence-corrected chi connectivity index (χ3v) is 6.52. The predicted molar refractivity (Wildman–Crippen MR) is 109 cm³/mol. The van der Waals surface area contributed by atoms with E-state index in [4.69, 9.17) is 0 Å². The third kappa shape index (κ3) is 3.35. The van der Waals surface area contributed by atoms with Gasteiger partial charge in [0.1, 0.15) is 0 Å². The Bertz CT molecular complexity index is 1060. The average Bonchev–Trinajstić information content (AvgIpc) is 2.98. The number of nitrogens with one attached hydrogen (secondary N) is 1. The van der Waals surface area contributed by atoms with E-state index in [9.17, 15) is 13.2 Å². The minimum Gasteiger partial charge on any atom is -0.344 e. The first-order valence-corrected chi connectivity index (χ1v) is 10.4. The number of fused-ring (bicyclic) bond motifs is 6. The molecule has 0 aliphatic carbocycles. The number of alkyl halides is 3. The molecule has 0 amide bonds. The molecule has 0 radical (unpaired) electrons. The van der Waals surface area contributed by atoms with Gasteiger partial charge >= 0.3 is 6.18 Å². The Morgan fingerprint density at radius 1 is 1.10 bits per heavy atom.